The number of amides is 2. The SMILES string of the molecule is CCCN(Cc1ccccc1O)C(=O)Nc1ccc(-n2cccn2)c(Cl)c1. The van der Waals surface area contributed by atoms with Crippen molar-refractivity contribution in [2.24, 2.45) is 0 Å². The molecule has 1 aromatic heterocycles. The van der Waals surface area contributed by atoms with Crippen LogP contribution in [0.1, 0.15) is 18.9 Å². The molecule has 0 aliphatic carbocycles. The molecule has 2 N–H and O–H groups in total. The molecule has 2 amide bonds. The zero-order valence-corrected chi connectivity index (χ0v) is 15.7. The van der Waals surface area contributed by atoms with Gasteiger partial charge in [-0.2, -0.15) is 5.10 Å². The lowest BCUT2D eigenvalue weighted by Gasteiger charge is -2.23. The number of hydrogen-bond acceptors (Lipinski definition) is 3. The molecule has 0 radical (unpaired) electrons. The molecule has 0 saturated heterocycles. The summed E-state index contributed by atoms with van der Waals surface area (Å²) in [4.78, 5) is 14.4. The third-order valence-electron chi connectivity index (χ3n) is 4.08. The minimum atomic E-state index is -0.247. The first-order valence-electron chi connectivity index (χ1n) is 8.71. The highest BCUT2D eigenvalue weighted by atomic mass is 35.5. The number of anilines is 1. The Balaban J connectivity index is 1.74. The Kier molecular flexibility index (Phi) is 5.98. The van der Waals surface area contributed by atoms with Gasteiger partial charge in [0, 0.05) is 30.2 Å². The summed E-state index contributed by atoms with van der Waals surface area (Å²) in [5, 5.41) is 17.5. The van der Waals surface area contributed by atoms with Crippen LogP contribution in [0.3, 0.4) is 0 Å². The smallest absolute Gasteiger partial charge is 0.322 e. The molecule has 0 fully saturated rings. The summed E-state index contributed by atoms with van der Waals surface area (Å²) < 4.78 is 1.66. The van der Waals surface area contributed by atoms with Gasteiger partial charge in [0.05, 0.1) is 17.3 Å². The molecule has 0 bridgehead atoms. The number of phenols is 1. The van der Waals surface area contributed by atoms with Crippen molar-refractivity contribution in [1.82, 2.24) is 14.7 Å². The minimum Gasteiger partial charge on any atom is -0.508 e. The van der Waals surface area contributed by atoms with Crippen molar-refractivity contribution in [2.45, 2.75) is 19.9 Å². The number of nitrogens with zero attached hydrogens (tertiary/aromatic N) is 3. The molecule has 2 aromatic carbocycles. The maximum atomic E-state index is 12.7. The van der Waals surface area contributed by atoms with Crippen molar-refractivity contribution in [3.05, 3.63) is 71.5 Å². The Morgan fingerprint density at radius 3 is 2.74 bits per heavy atom. The second kappa shape index (κ2) is 8.60. The standard InChI is InChI=1S/C20H21ClN4O2/c1-2-11-24(14-15-6-3-4-7-19(15)26)20(27)23-16-8-9-18(17(21)13-16)25-12-5-10-22-25/h3-10,12-13,26H,2,11,14H2,1H3,(H,23,27). The fourth-order valence-corrected chi connectivity index (χ4v) is 3.02. The highest BCUT2D eigenvalue weighted by molar-refractivity contribution is 6.32. The van der Waals surface area contributed by atoms with Gasteiger partial charge in [-0.25, -0.2) is 9.48 Å². The Bertz CT molecular complexity index is 912. The number of carbonyl (C=O) groups is 1. The van der Waals surface area contributed by atoms with Crippen molar-refractivity contribution in [1.29, 1.82) is 0 Å². The van der Waals surface area contributed by atoms with E-state index >= 15 is 0 Å². The van der Waals surface area contributed by atoms with Crippen molar-refractivity contribution in [3.8, 4) is 11.4 Å². The lowest BCUT2D eigenvalue weighted by molar-refractivity contribution is 0.208. The van der Waals surface area contributed by atoms with E-state index in [2.05, 4.69) is 10.4 Å². The van der Waals surface area contributed by atoms with E-state index in [4.69, 9.17) is 11.6 Å². The molecule has 7 heteroatoms. The summed E-state index contributed by atoms with van der Waals surface area (Å²) >= 11 is 6.34. The molecule has 0 saturated carbocycles. The molecule has 0 aliphatic rings. The number of carbonyl (C=O) groups excluding carboxylic acids is 1. The summed E-state index contributed by atoms with van der Waals surface area (Å²) in [6.07, 6.45) is 4.28. The van der Waals surface area contributed by atoms with Crippen LogP contribution < -0.4 is 5.32 Å². The number of nitrogens with one attached hydrogen (secondary N) is 1. The number of urea groups is 1. The molecule has 0 unspecified atom stereocenters. The number of benzene rings is 2. The van der Waals surface area contributed by atoms with Gasteiger partial charge in [-0.05, 0) is 36.8 Å². The van der Waals surface area contributed by atoms with E-state index in [1.165, 1.54) is 0 Å². The van der Waals surface area contributed by atoms with Crippen LogP contribution in [0, 0.1) is 0 Å². The third kappa shape index (κ3) is 4.60. The molecule has 27 heavy (non-hydrogen) atoms. The van der Waals surface area contributed by atoms with E-state index in [1.807, 2.05) is 19.1 Å². The normalized spacial score (nSPS) is 10.6. The highest BCUT2D eigenvalue weighted by Gasteiger charge is 2.16. The summed E-state index contributed by atoms with van der Waals surface area (Å²) in [7, 11) is 0. The van der Waals surface area contributed by atoms with Gasteiger partial charge in [0.25, 0.3) is 0 Å². The summed E-state index contributed by atoms with van der Waals surface area (Å²) in [5.74, 6) is 0.179. The average molecular weight is 385 g/mol. The van der Waals surface area contributed by atoms with Crippen molar-refractivity contribution in [2.75, 3.05) is 11.9 Å². The van der Waals surface area contributed by atoms with Gasteiger partial charge >= 0.3 is 6.03 Å². The predicted molar refractivity (Wildman–Crippen MR) is 106 cm³/mol. The van der Waals surface area contributed by atoms with Crippen LogP contribution in [0.2, 0.25) is 5.02 Å². The molecule has 6 nitrogen and oxygen atoms in total. The molecular weight excluding hydrogens is 364 g/mol. The number of aromatic hydroxyl groups is 1. The van der Waals surface area contributed by atoms with Crippen LogP contribution in [0.5, 0.6) is 5.75 Å². The lowest BCUT2D eigenvalue weighted by atomic mass is 10.2. The molecule has 3 aromatic rings. The fraction of sp³-hybridized carbons (Fsp3) is 0.200. The van der Waals surface area contributed by atoms with Gasteiger partial charge in [0.2, 0.25) is 0 Å². The summed E-state index contributed by atoms with van der Waals surface area (Å²) in [5.41, 5.74) is 2.03. The number of phenolic OH excluding ortho intramolecular Hbond substituents is 1. The third-order valence-corrected chi connectivity index (χ3v) is 4.39. The molecule has 140 valence electrons. The van der Waals surface area contributed by atoms with Gasteiger partial charge in [0.15, 0.2) is 0 Å². The topological polar surface area (TPSA) is 70.4 Å². The zero-order chi connectivity index (χ0) is 19.2. The summed E-state index contributed by atoms with van der Waals surface area (Å²) in [6.45, 7) is 2.89. The van der Waals surface area contributed by atoms with Gasteiger partial charge in [-0.1, -0.05) is 36.7 Å². The zero-order valence-electron chi connectivity index (χ0n) is 15.0. The van der Waals surface area contributed by atoms with Crippen LogP contribution in [0.4, 0.5) is 10.5 Å². The van der Waals surface area contributed by atoms with E-state index in [9.17, 15) is 9.90 Å². The minimum absolute atomic E-state index is 0.179. The number of rotatable bonds is 6. The van der Waals surface area contributed by atoms with Crippen LogP contribution in [-0.4, -0.2) is 32.4 Å². The molecule has 1 heterocycles. The Labute approximate surface area is 163 Å². The monoisotopic (exact) mass is 384 g/mol. The average Bonchev–Trinajstić information content (AvgIpc) is 3.17. The van der Waals surface area contributed by atoms with Crippen LogP contribution in [-0.2, 0) is 6.54 Å². The number of para-hydroxylation sites is 1. The second-order valence-corrected chi connectivity index (χ2v) is 6.50. The molecule has 0 spiro atoms. The van der Waals surface area contributed by atoms with E-state index in [0.29, 0.717) is 29.4 Å². The van der Waals surface area contributed by atoms with Gasteiger partial charge in [-0.15, -0.1) is 0 Å². The predicted octanol–water partition coefficient (Wildman–Crippen LogP) is 4.68. The van der Waals surface area contributed by atoms with E-state index in [1.54, 1.807) is 58.4 Å². The quantitative estimate of drug-likeness (QED) is 0.648. The maximum absolute atomic E-state index is 12.7. The van der Waals surface area contributed by atoms with Crippen LogP contribution >= 0.6 is 11.6 Å². The first-order chi connectivity index (χ1) is 13.1. The van der Waals surface area contributed by atoms with E-state index in [-0.39, 0.29) is 11.8 Å². The van der Waals surface area contributed by atoms with Crippen LogP contribution in [0.25, 0.3) is 5.69 Å². The second-order valence-electron chi connectivity index (χ2n) is 6.10. The lowest BCUT2D eigenvalue weighted by Crippen LogP contribution is -2.35. The van der Waals surface area contributed by atoms with Crippen LogP contribution in [0.15, 0.2) is 60.9 Å². The Hall–Kier alpha value is -2.99. The van der Waals surface area contributed by atoms with E-state index in [0.717, 1.165) is 12.1 Å². The Morgan fingerprint density at radius 1 is 1.26 bits per heavy atom. The number of aromatic nitrogens is 2. The Morgan fingerprint density at radius 2 is 2.07 bits per heavy atom. The molecule has 0 atom stereocenters. The first kappa shape index (κ1) is 18.8. The van der Waals surface area contributed by atoms with Gasteiger partial charge in [0.1, 0.15) is 5.75 Å². The summed E-state index contributed by atoms with van der Waals surface area (Å²) in [6, 6.07) is 13.9. The molecule has 3 rings (SSSR count). The van der Waals surface area contributed by atoms with Gasteiger partial charge < -0.3 is 15.3 Å². The van der Waals surface area contributed by atoms with Crippen molar-refractivity contribution in [3.63, 3.8) is 0 Å². The number of hydrogen-bond donors (Lipinski definition) is 2. The fourth-order valence-electron chi connectivity index (χ4n) is 2.76. The maximum Gasteiger partial charge on any atom is 0.322 e. The first-order valence-corrected chi connectivity index (χ1v) is 9.08. The molecule has 0 aliphatic heterocycles. The van der Waals surface area contributed by atoms with Crippen molar-refractivity contribution >= 4 is 23.3 Å². The number of halogens is 1. The van der Waals surface area contributed by atoms with Crippen molar-refractivity contribution < 1.29 is 9.90 Å². The largest absolute Gasteiger partial charge is 0.508 e. The van der Waals surface area contributed by atoms with E-state index < -0.39 is 0 Å². The van der Waals surface area contributed by atoms with Gasteiger partial charge in [-0.3, -0.25) is 0 Å². The highest BCUT2D eigenvalue weighted by Crippen LogP contribution is 2.24. The molecular formula is C20H21ClN4O2.